The Hall–Kier alpha value is -2.88. The Morgan fingerprint density at radius 3 is 1.18 bits per heavy atom. The highest BCUT2D eigenvalue weighted by Crippen LogP contribution is 2.15. The molecule has 0 aromatic heterocycles. The average Bonchev–Trinajstić information content (AvgIpc) is 2.95. The lowest BCUT2D eigenvalue weighted by molar-refractivity contribution is 0.543. The number of hydrogen-bond donors (Lipinski definition) is 0. The molecule has 0 atom stereocenters. The fraction of sp³-hybridized carbons (Fsp3) is 0.686. The van der Waals surface area contributed by atoms with Crippen LogP contribution in [0.25, 0.3) is 0 Å². The fourth-order valence-corrected chi connectivity index (χ4v) is 2.70. The third-order valence-corrected chi connectivity index (χ3v) is 5.38. The minimum Gasteiger partial charge on any atom is -0.290 e. The predicted molar refractivity (Wildman–Crippen MR) is 261 cm³/mol. The zero-order valence-electron chi connectivity index (χ0n) is 41.4. The third-order valence-electron chi connectivity index (χ3n) is 5.38. The van der Waals surface area contributed by atoms with E-state index in [4.69, 9.17) is 0 Å². The van der Waals surface area contributed by atoms with Gasteiger partial charge in [0.25, 0.3) is 0 Å². The first-order valence-electron chi connectivity index (χ1n) is 20.8. The van der Waals surface area contributed by atoms with Crippen molar-refractivity contribution in [1.29, 1.82) is 0 Å². The average molecular weight is 765 g/mol. The van der Waals surface area contributed by atoms with Crippen molar-refractivity contribution in [3.05, 3.63) is 73.2 Å². The molecule has 0 spiro atoms. The van der Waals surface area contributed by atoms with Crippen molar-refractivity contribution in [1.82, 2.24) is 0 Å². The third kappa shape index (κ3) is 89.5. The summed E-state index contributed by atoms with van der Waals surface area (Å²) in [6.45, 7) is 53.6. The van der Waals surface area contributed by atoms with E-state index in [1.54, 1.807) is 0 Å². The van der Waals surface area contributed by atoms with E-state index in [1.165, 1.54) is 0 Å². The van der Waals surface area contributed by atoms with E-state index < -0.39 is 0 Å². The molecule has 0 bridgehead atoms. The smallest absolute Gasteiger partial charge is 0.0524 e. The van der Waals surface area contributed by atoms with Crippen LogP contribution in [0.15, 0.2) is 93.1 Å². The van der Waals surface area contributed by atoms with Crippen molar-refractivity contribution >= 4 is 24.9 Å². The molecule has 0 fully saturated rings. The quantitative estimate of drug-likeness (QED) is 0.157. The molecule has 0 aliphatic carbocycles. The van der Waals surface area contributed by atoms with Gasteiger partial charge in [-0.05, 0) is 92.1 Å². The van der Waals surface area contributed by atoms with Crippen molar-refractivity contribution in [2.75, 3.05) is 0 Å². The maximum absolute atomic E-state index is 4.32. The molecule has 55 heavy (non-hydrogen) atoms. The summed E-state index contributed by atoms with van der Waals surface area (Å²) in [6.07, 6.45) is 32.6. The summed E-state index contributed by atoms with van der Waals surface area (Å²) in [7, 11) is 0. The van der Waals surface area contributed by atoms with Crippen molar-refractivity contribution in [2.24, 2.45) is 65.3 Å². The van der Waals surface area contributed by atoms with Crippen LogP contribution in [-0.4, -0.2) is 36.4 Å². The van der Waals surface area contributed by atoms with E-state index in [0.717, 1.165) is 0 Å². The van der Waals surface area contributed by atoms with Gasteiger partial charge in [-0.25, -0.2) is 0 Å². The minimum atomic E-state index is 0.0569. The first kappa shape index (κ1) is 61.3. The zero-order chi connectivity index (χ0) is 44.5. The summed E-state index contributed by atoms with van der Waals surface area (Å²) in [4.78, 5) is 16.9. The number of aliphatic imine (C=N–C) groups is 4. The normalized spacial score (nSPS) is 14.0. The molecule has 0 heterocycles. The molecule has 0 saturated heterocycles. The number of nitrogens with zero attached hydrogens (tertiary/aromatic N) is 4. The van der Waals surface area contributed by atoms with Gasteiger partial charge in [-0.1, -0.05) is 187 Å². The molecular weight excluding hydrogens is 669 g/mol. The van der Waals surface area contributed by atoms with Gasteiger partial charge >= 0.3 is 0 Å². The van der Waals surface area contributed by atoms with Crippen molar-refractivity contribution < 1.29 is 0 Å². The molecule has 0 aromatic rings. The fourth-order valence-electron chi connectivity index (χ4n) is 2.70. The Bertz CT molecular complexity index is 951. The monoisotopic (exact) mass is 765 g/mol. The first-order valence-corrected chi connectivity index (χ1v) is 20.8. The molecule has 0 saturated carbocycles. The molecule has 4 heteroatoms. The molecule has 0 rings (SSSR count). The molecule has 0 aliphatic rings. The van der Waals surface area contributed by atoms with Gasteiger partial charge in [0.05, 0.1) is 5.54 Å². The second-order valence-corrected chi connectivity index (χ2v) is 21.0. The summed E-state index contributed by atoms with van der Waals surface area (Å²) < 4.78 is 0. The second-order valence-electron chi connectivity index (χ2n) is 21.0. The Kier molecular flexibility index (Phi) is 37.1. The lowest BCUT2D eigenvalue weighted by Crippen LogP contribution is -2.08. The van der Waals surface area contributed by atoms with E-state index in [0.29, 0.717) is 35.1 Å². The highest BCUT2D eigenvalue weighted by molar-refractivity contribution is 5.71. The van der Waals surface area contributed by atoms with Crippen LogP contribution >= 0.6 is 0 Å². The van der Waals surface area contributed by atoms with E-state index in [2.05, 4.69) is 242 Å². The molecule has 4 nitrogen and oxygen atoms in total. The van der Waals surface area contributed by atoms with E-state index in [1.807, 2.05) is 49.4 Å². The molecule has 0 aliphatic heterocycles. The predicted octanol–water partition coefficient (Wildman–Crippen LogP) is 16.5. The topological polar surface area (TPSA) is 49.4 Å². The lowest BCUT2D eigenvalue weighted by Gasteiger charge is -2.09. The van der Waals surface area contributed by atoms with Gasteiger partial charge in [-0.15, -0.1) is 0 Å². The number of rotatable bonds is 10. The maximum Gasteiger partial charge on any atom is 0.0524 e. The van der Waals surface area contributed by atoms with Crippen molar-refractivity contribution in [3.8, 4) is 0 Å². The molecule has 0 N–H and O–H groups in total. The molecule has 0 aromatic carbocycles. The van der Waals surface area contributed by atoms with Crippen molar-refractivity contribution in [2.45, 2.75) is 185 Å². The van der Waals surface area contributed by atoms with Crippen molar-refractivity contribution in [3.63, 3.8) is 0 Å². The van der Waals surface area contributed by atoms with Crippen LogP contribution in [0.5, 0.6) is 0 Å². The number of hydrogen-bond acceptors (Lipinski definition) is 4. The SMILES string of the molecule is CC(C)/C=C\C=C/C(C)(C)C.CC(C)/C=C\C=NC(C)(C)C.CC(C)/C=C\N=CC(C)(C)C.CC(C)C=N/C=C\C(C)(C)C.CC(C)N=C/C=C\C(C)(C)C. The van der Waals surface area contributed by atoms with Gasteiger partial charge in [0.15, 0.2) is 0 Å². The van der Waals surface area contributed by atoms with Crippen LogP contribution in [0.1, 0.15) is 173 Å². The molecule has 0 radical (unpaired) electrons. The molecule has 320 valence electrons. The second kappa shape index (κ2) is 33.3. The summed E-state index contributed by atoms with van der Waals surface area (Å²) in [6, 6.07) is 0.402. The summed E-state index contributed by atoms with van der Waals surface area (Å²) in [5.41, 5.74) is 1.07. The van der Waals surface area contributed by atoms with Crippen LogP contribution in [0.2, 0.25) is 0 Å². The Balaban J connectivity index is -0.000000189. The van der Waals surface area contributed by atoms with Crippen LogP contribution in [0.4, 0.5) is 0 Å². The Morgan fingerprint density at radius 2 is 0.818 bits per heavy atom. The van der Waals surface area contributed by atoms with Crippen LogP contribution in [0, 0.1) is 45.3 Å². The number of allylic oxidation sites excluding steroid dienone is 10. The summed E-state index contributed by atoms with van der Waals surface area (Å²) in [5, 5.41) is 0. The van der Waals surface area contributed by atoms with Gasteiger partial charge < -0.3 is 0 Å². The molecule has 0 amide bonds. The minimum absolute atomic E-state index is 0.0569. The van der Waals surface area contributed by atoms with Crippen LogP contribution in [-0.2, 0) is 0 Å². The standard InChI is InChI=1S/C11H20.4C10H19N/c1-10(2)8-6-7-9-11(3,4)5;1-9(2)8-11-7-6-10(3,4)5;1-9(2)6-7-11-8-10(3,4)5;1-9(2)11-8-6-7-10(3,4)5;1-9(2)7-6-8-11-10(3,4)5/h6-10H,1-5H3;4*6-9H,1-5H3/b8-6-,9-7-;4*7-6-,11-8?. The molecule has 0 unspecified atom stereocenters. The van der Waals surface area contributed by atoms with Crippen LogP contribution in [0.3, 0.4) is 0 Å². The summed E-state index contributed by atoms with van der Waals surface area (Å²) in [5.74, 6) is 2.40. The Morgan fingerprint density at radius 1 is 0.382 bits per heavy atom. The molecular formula is C51H96N4. The van der Waals surface area contributed by atoms with E-state index >= 15 is 0 Å². The van der Waals surface area contributed by atoms with Crippen LogP contribution < -0.4 is 0 Å². The Labute approximate surface area is 346 Å². The van der Waals surface area contributed by atoms with Gasteiger partial charge in [0.1, 0.15) is 0 Å². The first-order chi connectivity index (χ1) is 24.6. The maximum atomic E-state index is 4.32. The van der Waals surface area contributed by atoms with Gasteiger partial charge in [0, 0.05) is 43.3 Å². The lowest BCUT2D eigenvalue weighted by atomic mass is 9.96. The zero-order valence-corrected chi connectivity index (χ0v) is 41.4. The summed E-state index contributed by atoms with van der Waals surface area (Å²) >= 11 is 0. The van der Waals surface area contributed by atoms with Gasteiger partial charge in [-0.3, -0.25) is 20.0 Å². The highest BCUT2D eigenvalue weighted by atomic mass is 14.8. The van der Waals surface area contributed by atoms with Gasteiger partial charge in [-0.2, -0.15) is 0 Å². The van der Waals surface area contributed by atoms with E-state index in [-0.39, 0.29) is 21.8 Å². The van der Waals surface area contributed by atoms with Gasteiger partial charge in [0.2, 0.25) is 0 Å². The largest absolute Gasteiger partial charge is 0.290 e. The highest BCUT2D eigenvalue weighted by Gasteiger charge is 2.05. The van der Waals surface area contributed by atoms with E-state index in [9.17, 15) is 0 Å².